The van der Waals surface area contributed by atoms with Crippen LogP contribution in [0, 0.1) is 0 Å². The highest BCUT2D eigenvalue weighted by Crippen LogP contribution is 2.23. The fraction of sp³-hybridized carbons (Fsp3) is 0.188. The van der Waals surface area contributed by atoms with Crippen LogP contribution in [-0.2, 0) is 9.84 Å². The Kier molecular flexibility index (Phi) is 3.96. The number of nitrogen functional groups attached to an aromatic ring is 1. The molecule has 3 rings (SSSR count). The monoisotopic (exact) mass is 361 g/mol. The van der Waals surface area contributed by atoms with Gasteiger partial charge in [-0.15, -0.1) is 0 Å². The molecule has 2 aromatic rings. The molecule has 9 heteroatoms. The highest BCUT2D eigenvalue weighted by Gasteiger charge is 2.31. The van der Waals surface area contributed by atoms with Crippen LogP contribution in [0.1, 0.15) is 34.1 Å². The fourth-order valence-electron chi connectivity index (χ4n) is 2.73. The molecule has 0 bridgehead atoms. The second-order valence-electron chi connectivity index (χ2n) is 5.59. The maximum Gasteiger partial charge on any atom is 0.262 e. The van der Waals surface area contributed by atoms with Gasteiger partial charge in [0.25, 0.3) is 17.4 Å². The average molecular weight is 361 g/mol. The zero-order valence-electron chi connectivity index (χ0n) is 13.3. The standard InChI is InChI=1S/C16H15N3O5S/c1-2-7-25(23,24)10-5-3-9(4-6-10)19-12(20)8-11-13(14(19)17)16(22)18-15(11)21/h3-6,8H,2,7,17H2,1H3,(H,18,21,22). The minimum absolute atomic E-state index is 0.0234. The second kappa shape index (κ2) is 5.85. The third-order valence-electron chi connectivity index (χ3n) is 3.88. The van der Waals surface area contributed by atoms with Crippen molar-refractivity contribution in [2.45, 2.75) is 18.2 Å². The first-order chi connectivity index (χ1) is 11.8. The largest absolute Gasteiger partial charge is 0.384 e. The van der Waals surface area contributed by atoms with Gasteiger partial charge < -0.3 is 5.73 Å². The van der Waals surface area contributed by atoms with Gasteiger partial charge in [-0.05, 0) is 30.7 Å². The van der Waals surface area contributed by atoms with Gasteiger partial charge >= 0.3 is 0 Å². The number of hydrogen-bond acceptors (Lipinski definition) is 6. The van der Waals surface area contributed by atoms with E-state index in [1.807, 2.05) is 0 Å². The summed E-state index contributed by atoms with van der Waals surface area (Å²) in [7, 11) is -3.38. The Labute approximate surface area is 143 Å². The van der Waals surface area contributed by atoms with Crippen LogP contribution >= 0.6 is 0 Å². The van der Waals surface area contributed by atoms with Crippen molar-refractivity contribution in [2.75, 3.05) is 11.5 Å². The van der Waals surface area contributed by atoms with Crippen molar-refractivity contribution >= 4 is 27.5 Å². The average Bonchev–Trinajstić information content (AvgIpc) is 2.82. The van der Waals surface area contributed by atoms with Crippen LogP contribution in [0.4, 0.5) is 5.82 Å². The first-order valence-electron chi connectivity index (χ1n) is 7.50. The molecule has 0 saturated heterocycles. The van der Waals surface area contributed by atoms with E-state index < -0.39 is 27.2 Å². The smallest absolute Gasteiger partial charge is 0.262 e. The van der Waals surface area contributed by atoms with Crippen molar-refractivity contribution in [3.8, 4) is 5.69 Å². The molecule has 0 radical (unpaired) electrons. The van der Waals surface area contributed by atoms with Gasteiger partial charge in [0.2, 0.25) is 0 Å². The van der Waals surface area contributed by atoms with Crippen LogP contribution in [0.3, 0.4) is 0 Å². The maximum atomic E-state index is 12.3. The Morgan fingerprint density at radius 1 is 1.08 bits per heavy atom. The van der Waals surface area contributed by atoms with Gasteiger partial charge in [-0.25, -0.2) is 8.42 Å². The number of fused-ring (bicyclic) bond motifs is 1. The SMILES string of the molecule is CCCS(=O)(=O)c1ccc(-n2c(N)c3c(cc2=O)C(=O)NC3=O)cc1. The number of nitrogens with two attached hydrogens (primary N) is 1. The van der Waals surface area contributed by atoms with E-state index in [0.29, 0.717) is 12.1 Å². The second-order valence-corrected chi connectivity index (χ2v) is 7.70. The third-order valence-corrected chi connectivity index (χ3v) is 5.82. The van der Waals surface area contributed by atoms with Crippen molar-refractivity contribution in [3.05, 3.63) is 51.8 Å². The van der Waals surface area contributed by atoms with E-state index in [2.05, 4.69) is 5.32 Å². The Bertz CT molecular complexity index is 1050. The summed E-state index contributed by atoms with van der Waals surface area (Å²) in [5.41, 5.74) is 5.50. The third kappa shape index (κ3) is 2.72. The van der Waals surface area contributed by atoms with E-state index in [1.54, 1.807) is 6.92 Å². The van der Waals surface area contributed by atoms with Crippen molar-refractivity contribution in [1.82, 2.24) is 9.88 Å². The van der Waals surface area contributed by atoms with E-state index >= 15 is 0 Å². The molecular formula is C16H15N3O5S. The van der Waals surface area contributed by atoms with Crippen molar-refractivity contribution in [3.63, 3.8) is 0 Å². The lowest BCUT2D eigenvalue weighted by Gasteiger charge is -2.12. The number of aromatic nitrogens is 1. The molecule has 0 fully saturated rings. The van der Waals surface area contributed by atoms with E-state index in [1.165, 1.54) is 24.3 Å². The van der Waals surface area contributed by atoms with Gasteiger partial charge in [0.05, 0.1) is 27.5 Å². The van der Waals surface area contributed by atoms with Crippen LogP contribution in [0.25, 0.3) is 5.69 Å². The first kappa shape index (κ1) is 16.9. The molecule has 2 heterocycles. The quantitative estimate of drug-likeness (QED) is 0.763. The molecule has 1 aliphatic rings. The lowest BCUT2D eigenvalue weighted by atomic mass is 10.1. The van der Waals surface area contributed by atoms with Crippen LogP contribution in [0.2, 0.25) is 0 Å². The van der Waals surface area contributed by atoms with Crippen LogP contribution < -0.4 is 16.6 Å². The van der Waals surface area contributed by atoms with Gasteiger partial charge in [0.1, 0.15) is 5.82 Å². The summed E-state index contributed by atoms with van der Waals surface area (Å²) >= 11 is 0. The summed E-state index contributed by atoms with van der Waals surface area (Å²) in [4.78, 5) is 35.9. The highest BCUT2D eigenvalue weighted by atomic mass is 32.2. The van der Waals surface area contributed by atoms with E-state index in [4.69, 9.17) is 5.73 Å². The summed E-state index contributed by atoms with van der Waals surface area (Å²) in [6, 6.07) is 6.66. The minimum atomic E-state index is -3.38. The van der Waals surface area contributed by atoms with Crippen LogP contribution in [0.15, 0.2) is 40.0 Å². The summed E-state index contributed by atoms with van der Waals surface area (Å²) < 4.78 is 25.2. The number of benzene rings is 1. The number of sulfone groups is 1. The zero-order chi connectivity index (χ0) is 18.4. The van der Waals surface area contributed by atoms with Gasteiger partial charge in [-0.3, -0.25) is 24.3 Å². The Morgan fingerprint density at radius 3 is 2.32 bits per heavy atom. The normalized spacial score (nSPS) is 13.6. The Hall–Kier alpha value is -2.94. The van der Waals surface area contributed by atoms with E-state index in [9.17, 15) is 22.8 Å². The predicted molar refractivity (Wildman–Crippen MR) is 90.6 cm³/mol. The molecule has 1 aromatic carbocycles. The molecule has 8 nitrogen and oxygen atoms in total. The summed E-state index contributed by atoms with van der Waals surface area (Å²) in [5, 5.41) is 2.08. The molecule has 2 amide bonds. The molecule has 0 aliphatic carbocycles. The van der Waals surface area contributed by atoms with Gasteiger partial charge in [-0.2, -0.15) is 0 Å². The molecule has 0 spiro atoms. The summed E-state index contributed by atoms with van der Waals surface area (Å²) in [6.07, 6.45) is 0.491. The topological polar surface area (TPSA) is 128 Å². The molecule has 1 aliphatic heterocycles. The predicted octanol–water partition coefficient (Wildman–Crippen LogP) is 0.487. The number of imide groups is 1. The van der Waals surface area contributed by atoms with Gasteiger partial charge in [-0.1, -0.05) is 6.92 Å². The Balaban J connectivity index is 2.13. The first-order valence-corrected chi connectivity index (χ1v) is 9.16. The number of rotatable bonds is 4. The van der Waals surface area contributed by atoms with Gasteiger partial charge in [0, 0.05) is 6.07 Å². The number of anilines is 1. The lowest BCUT2D eigenvalue weighted by Crippen LogP contribution is -2.24. The molecule has 3 N–H and O–H groups in total. The van der Waals surface area contributed by atoms with Crippen molar-refractivity contribution in [2.24, 2.45) is 0 Å². The van der Waals surface area contributed by atoms with Crippen molar-refractivity contribution in [1.29, 1.82) is 0 Å². The summed E-state index contributed by atoms with van der Waals surface area (Å²) in [6.45, 7) is 1.77. The molecule has 0 saturated carbocycles. The number of nitrogens with one attached hydrogen (secondary N) is 1. The van der Waals surface area contributed by atoms with Crippen LogP contribution in [-0.4, -0.2) is 30.6 Å². The minimum Gasteiger partial charge on any atom is -0.384 e. The molecule has 0 atom stereocenters. The van der Waals surface area contributed by atoms with E-state index in [0.717, 1.165) is 10.6 Å². The molecule has 1 aromatic heterocycles. The van der Waals surface area contributed by atoms with E-state index in [-0.39, 0.29) is 27.6 Å². The molecular weight excluding hydrogens is 346 g/mol. The Morgan fingerprint density at radius 2 is 1.72 bits per heavy atom. The highest BCUT2D eigenvalue weighted by molar-refractivity contribution is 7.91. The molecule has 0 unspecified atom stereocenters. The van der Waals surface area contributed by atoms with Gasteiger partial charge in [0.15, 0.2) is 9.84 Å². The maximum absolute atomic E-state index is 12.3. The molecule has 130 valence electrons. The number of pyridine rings is 1. The fourth-order valence-corrected chi connectivity index (χ4v) is 4.06. The summed E-state index contributed by atoms with van der Waals surface area (Å²) in [5.74, 6) is -1.49. The lowest BCUT2D eigenvalue weighted by molar-refractivity contribution is 0.0880. The number of nitrogens with zero attached hydrogens (tertiary/aromatic N) is 1. The van der Waals surface area contributed by atoms with Crippen LogP contribution in [0.5, 0.6) is 0 Å². The van der Waals surface area contributed by atoms with Crippen molar-refractivity contribution < 1.29 is 18.0 Å². The molecule has 25 heavy (non-hydrogen) atoms. The number of carbonyl (C=O) groups excluding carboxylic acids is 2. The zero-order valence-corrected chi connectivity index (χ0v) is 14.1. The number of carbonyl (C=O) groups is 2. The number of hydrogen-bond donors (Lipinski definition) is 2. The number of amides is 2.